The van der Waals surface area contributed by atoms with E-state index >= 15 is 0 Å². The highest BCUT2D eigenvalue weighted by molar-refractivity contribution is 7.09. The molecule has 0 unspecified atom stereocenters. The van der Waals surface area contributed by atoms with E-state index in [1.54, 1.807) is 16.5 Å². The number of pyridine rings is 1. The molecule has 2 aromatic rings. The van der Waals surface area contributed by atoms with Gasteiger partial charge in [0.1, 0.15) is 10.7 Å². The average Bonchev–Trinajstić information content (AvgIpc) is 2.94. The van der Waals surface area contributed by atoms with Gasteiger partial charge in [-0.05, 0) is 19.1 Å². The van der Waals surface area contributed by atoms with Crippen LogP contribution in [0.1, 0.15) is 28.1 Å². The zero-order chi connectivity index (χ0) is 13.7. The molecule has 19 heavy (non-hydrogen) atoms. The zero-order valence-electron chi connectivity index (χ0n) is 10.7. The largest absolute Gasteiger partial charge is 0.332 e. The van der Waals surface area contributed by atoms with Crippen molar-refractivity contribution in [2.45, 2.75) is 20.0 Å². The Morgan fingerprint density at radius 2 is 2.32 bits per heavy atom. The van der Waals surface area contributed by atoms with E-state index in [0.717, 1.165) is 10.7 Å². The summed E-state index contributed by atoms with van der Waals surface area (Å²) >= 11 is 1.41. The molecule has 0 aliphatic rings. The summed E-state index contributed by atoms with van der Waals surface area (Å²) in [5, 5.41) is 2.53. The van der Waals surface area contributed by atoms with E-state index in [1.165, 1.54) is 11.3 Å². The van der Waals surface area contributed by atoms with Crippen LogP contribution in [0.2, 0.25) is 0 Å². The molecule has 0 saturated carbocycles. The van der Waals surface area contributed by atoms with Gasteiger partial charge in [-0.25, -0.2) is 4.98 Å². The number of aromatic nitrogens is 2. The van der Waals surface area contributed by atoms with Gasteiger partial charge < -0.3 is 10.6 Å². The van der Waals surface area contributed by atoms with Crippen molar-refractivity contribution >= 4 is 17.2 Å². The van der Waals surface area contributed by atoms with Crippen LogP contribution in [0.15, 0.2) is 29.8 Å². The van der Waals surface area contributed by atoms with Crippen molar-refractivity contribution in [3.63, 3.8) is 0 Å². The molecule has 0 bridgehead atoms. The van der Waals surface area contributed by atoms with Crippen LogP contribution in [0.4, 0.5) is 0 Å². The molecule has 2 heterocycles. The fraction of sp³-hybridized carbons (Fsp3) is 0.308. The van der Waals surface area contributed by atoms with Gasteiger partial charge in [-0.15, -0.1) is 11.3 Å². The Morgan fingerprint density at radius 1 is 1.47 bits per heavy atom. The van der Waals surface area contributed by atoms with E-state index < -0.39 is 0 Å². The summed E-state index contributed by atoms with van der Waals surface area (Å²) in [6.45, 7) is 3.41. The van der Waals surface area contributed by atoms with Crippen LogP contribution in [0.25, 0.3) is 0 Å². The van der Waals surface area contributed by atoms with Gasteiger partial charge in [-0.1, -0.05) is 6.07 Å². The maximum atomic E-state index is 12.3. The molecule has 0 aliphatic heterocycles. The van der Waals surface area contributed by atoms with Crippen molar-refractivity contribution in [1.29, 1.82) is 0 Å². The van der Waals surface area contributed by atoms with E-state index in [4.69, 9.17) is 5.73 Å². The molecular weight excluding hydrogens is 260 g/mol. The fourth-order valence-electron chi connectivity index (χ4n) is 1.68. The van der Waals surface area contributed by atoms with E-state index in [9.17, 15) is 4.79 Å². The van der Waals surface area contributed by atoms with Crippen LogP contribution in [-0.2, 0) is 13.1 Å². The maximum absolute atomic E-state index is 12.3. The van der Waals surface area contributed by atoms with Crippen LogP contribution in [0, 0.1) is 0 Å². The molecular formula is C13H16N4OS. The minimum Gasteiger partial charge on any atom is -0.332 e. The second-order valence-electron chi connectivity index (χ2n) is 3.97. The first-order valence-corrected chi connectivity index (χ1v) is 6.96. The molecule has 0 saturated heterocycles. The van der Waals surface area contributed by atoms with Gasteiger partial charge >= 0.3 is 0 Å². The van der Waals surface area contributed by atoms with Crippen molar-refractivity contribution < 1.29 is 4.79 Å². The maximum Gasteiger partial charge on any atom is 0.273 e. The number of rotatable bonds is 5. The highest BCUT2D eigenvalue weighted by atomic mass is 32.1. The summed E-state index contributed by atoms with van der Waals surface area (Å²) < 4.78 is 0. The standard InChI is InChI=1S/C13H16N4OS/c1-2-17(8-10-5-3-4-6-15-10)13(18)11-9-19-12(7-14)16-11/h3-6,9H,2,7-8,14H2,1H3. The second kappa shape index (κ2) is 6.40. The van der Waals surface area contributed by atoms with Gasteiger partial charge in [0.25, 0.3) is 5.91 Å². The van der Waals surface area contributed by atoms with Gasteiger partial charge in [0, 0.05) is 24.7 Å². The van der Waals surface area contributed by atoms with Crippen LogP contribution in [0.3, 0.4) is 0 Å². The topological polar surface area (TPSA) is 72.1 Å². The zero-order valence-corrected chi connectivity index (χ0v) is 11.6. The quantitative estimate of drug-likeness (QED) is 0.901. The number of carbonyl (C=O) groups is 1. The lowest BCUT2D eigenvalue weighted by atomic mass is 10.3. The number of amides is 1. The van der Waals surface area contributed by atoms with Gasteiger partial charge in [0.05, 0.1) is 12.2 Å². The number of nitrogens with two attached hydrogens (primary N) is 1. The third-order valence-electron chi connectivity index (χ3n) is 2.69. The SMILES string of the molecule is CCN(Cc1ccccn1)C(=O)c1csc(CN)n1. The number of carbonyl (C=O) groups excluding carboxylic acids is 1. The average molecular weight is 276 g/mol. The lowest BCUT2D eigenvalue weighted by molar-refractivity contribution is 0.0745. The smallest absolute Gasteiger partial charge is 0.273 e. The summed E-state index contributed by atoms with van der Waals surface area (Å²) in [7, 11) is 0. The summed E-state index contributed by atoms with van der Waals surface area (Å²) in [4.78, 5) is 22.5. The van der Waals surface area contributed by atoms with Gasteiger partial charge in [-0.3, -0.25) is 9.78 Å². The van der Waals surface area contributed by atoms with Crippen LogP contribution in [0.5, 0.6) is 0 Å². The van der Waals surface area contributed by atoms with E-state index in [2.05, 4.69) is 9.97 Å². The molecule has 0 atom stereocenters. The van der Waals surface area contributed by atoms with Crippen LogP contribution in [-0.4, -0.2) is 27.3 Å². The van der Waals surface area contributed by atoms with Gasteiger partial charge in [0.2, 0.25) is 0 Å². The van der Waals surface area contributed by atoms with E-state index in [-0.39, 0.29) is 5.91 Å². The van der Waals surface area contributed by atoms with Crippen LogP contribution >= 0.6 is 11.3 Å². The van der Waals surface area contributed by atoms with Crippen molar-refractivity contribution in [3.05, 3.63) is 46.2 Å². The lowest BCUT2D eigenvalue weighted by Gasteiger charge is -2.19. The molecule has 6 heteroatoms. The molecule has 2 N–H and O–H groups in total. The number of thiazole rings is 1. The molecule has 0 fully saturated rings. The summed E-state index contributed by atoms with van der Waals surface area (Å²) in [5.41, 5.74) is 6.84. The molecule has 2 aromatic heterocycles. The minimum absolute atomic E-state index is 0.0795. The Bertz CT molecular complexity index is 541. The van der Waals surface area contributed by atoms with E-state index in [0.29, 0.717) is 25.3 Å². The highest BCUT2D eigenvalue weighted by Crippen LogP contribution is 2.12. The molecule has 100 valence electrons. The highest BCUT2D eigenvalue weighted by Gasteiger charge is 2.17. The predicted molar refractivity (Wildman–Crippen MR) is 74.7 cm³/mol. The monoisotopic (exact) mass is 276 g/mol. The van der Waals surface area contributed by atoms with Gasteiger partial charge in [-0.2, -0.15) is 0 Å². The van der Waals surface area contributed by atoms with Crippen molar-refractivity contribution in [2.75, 3.05) is 6.54 Å². The molecule has 0 aliphatic carbocycles. The Kier molecular flexibility index (Phi) is 4.59. The fourth-order valence-corrected chi connectivity index (χ4v) is 2.33. The Balaban J connectivity index is 2.11. The van der Waals surface area contributed by atoms with Crippen LogP contribution < -0.4 is 5.73 Å². The molecule has 2 rings (SSSR count). The Morgan fingerprint density at radius 3 is 2.89 bits per heavy atom. The van der Waals surface area contributed by atoms with Gasteiger partial charge in [0.15, 0.2) is 0 Å². The number of hydrogen-bond donors (Lipinski definition) is 1. The first kappa shape index (κ1) is 13.6. The number of nitrogens with zero attached hydrogens (tertiary/aromatic N) is 3. The first-order chi connectivity index (χ1) is 9.24. The summed E-state index contributed by atoms with van der Waals surface area (Å²) in [6.07, 6.45) is 1.73. The lowest BCUT2D eigenvalue weighted by Crippen LogP contribution is -2.30. The number of hydrogen-bond acceptors (Lipinski definition) is 5. The third-order valence-corrected chi connectivity index (χ3v) is 3.56. The van der Waals surface area contributed by atoms with Crippen molar-refractivity contribution in [2.24, 2.45) is 5.73 Å². The summed E-state index contributed by atoms with van der Waals surface area (Å²) in [5.74, 6) is -0.0795. The molecule has 5 nitrogen and oxygen atoms in total. The second-order valence-corrected chi connectivity index (χ2v) is 4.91. The Hall–Kier alpha value is -1.79. The normalized spacial score (nSPS) is 10.4. The molecule has 0 aromatic carbocycles. The van der Waals surface area contributed by atoms with Crippen molar-refractivity contribution in [1.82, 2.24) is 14.9 Å². The van der Waals surface area contributed by atoms with Crippen molar-refractivity contribution in [3.8, 4) is 0 Å². The predicted octanol–water partition coefficient (Wildman–Crippen LogP) is 1.66. The molecule has 0 spiro atoms. The van der Waals surface area contributed by atoms with E-state index in [1.807, 2.05) is 25.1 Å². The third kappa shape index (κ3) is 3.36. The summed E-state index contributed by atoms with van der Waals surface area (Å²) in [6, 6.07) is 5.67. The minimum atomic E-state index is -0.0795. The molecule has 1 amide bonds. The first-order valence-electron chi connectivity index (χ1n) is 6.08. The Labute approximate surface area is 116 Å². The molecule has 0 radical (unpaired) electrons.